The third kappa shape index (κ3) is 5.66. The number of carbonyl (C=O) groups is 3. The van der Waals surface area contributed by atoms with Gasteiger partial charge < -0.3 is 9.84 Å². The van der Waals surface area contributed by atoms with Crippen LogP contribution < -0.4 is 0 Å². The first-order valence-electron chi connectivity index (χ1n) is 6.56. The van der Waals surface area contributed by atoms with Crippen molar-refractivity contribution in [3.05, 3.63) is 35.9 Å². The molecule has 2 atom stereocenters. The number of aliphatic carboxylic acids is 1. The number of halogens is 2. The SMILES string of the molecule is O=C(CCl)OCC(C(=O)O)C(Cc1ccccc1)C(=O)CCl. The third-order valence-corrected chi connectivity index (χ3v) is 3.66. The highest BCUT2D eigenvalue weighted by Gasteiger charge is 2.34. The second-order valence-electron chi connectivity index (χ2n) is 4.66. The summed E-state index contributed by atoms with van der Waals surface area (Å²) in [6.07, 6.45) is 0.210. The number of carboxylic acid groups (broad SMARTS) is 1. The number of Topliss-reactive ketones (excluding diaryl/α,β-unsaturated/α-hetero) is 1. The van der Waals surface area contributed by atoms with Gasteiger partial charge in [-0.3, -0.25) is 14.4 Å². The molecular weight excluding hydrogens is 331 g/mol. The van der Waals surface area contributed by atoms with E-state index < -0.39 is 36.2 Å². The third-order valence-electron chi connectivity index (χ3n) is 3.18. The molecule has 0 aliphatic heterocycles. The molecule has 0 fully saturated rings. The van der Waals surface area contributed by atoms with Crippen molar-refractivity contribution in [3.8, 4) is 0 Å². The zero-order valence-electron chi connectivity index (χ0n) is 11.7. The molecule has 5 nitrogen and oxygen atoms in total. The summed E-state index contributed by atoms with van der Waals surface area (Å²) in [6.45, 7) is -0.416. The summed E-state index contributed by atoms with van der Waals surface area (Å²) in [4.78, 5) is 34.5. The first kappa shape index (κ1) is 18.5. The van der Waals surface area contributed by atoms with E-state index in [1.54, 1.807) is 24.3 Å². The number of hydrogen-bond donors (Lipinski definition) is 1. The molecular formula is C15H16Cl2O5. The van der Waals surface area contributed by atoms with Crippen molar-refractivity contribution in [2.24, 2.45) is 11.8 Å². The van der Waals surface area contributed by atoms with Gasteiger partial charge in [0.15, 0.2) is 5.78 Å². The monoisotopic (exact) mass is 346 g/mol. The van der Waals surface area contributed by atoms with Crippen LogP contribution in [0.15, 0.2) is 30.3 Å². The maximum atomic E-state index is 12.0. The lowest BCUT2D eigenvalue weighted by atomic mass is 9.84. The van der Waals surface area contributed by atoms with E-state index >= 15 is 0 Å². The Morgan fingerprint density at radius 3 is 2.18 bits per heavy atom. The molecule has 0 bridgehead atoms. The van der Waals surface area contributed by atoms with E-state index in [1.807, 2.05) is 6.07 Å². The van der Waals surface area contributed by atoms with Gasteiger partial charge in [0.25, 0.3) is 0 Å². The summed E-state index contributed by atoms with van der Waals surface area (Å²) >= 11 is 10.9. The second kappa shape index (κ2) is 9.43. The molecule has 7 heteroatoms. The van der Waals surface area contributed by atoms with Gasteiger partial charge in [0.05, 0.1) is 5.88 Å². The maximum absolute atomic E-state index is 12.0. The van der Waals surface area contributed by atoms with Crippen LogP contribution in [0.1, 0.15) is 5.56 Å². The van der Waals surface area contributed by atoms with Crippen LogP contribution in [0, 0.1) is 11.8 Å². The molecule has 0 aliphatic rings. The van der Waals surface area contributed by atoms with Crippen LogP contribution >= 0.6 is 23.2 Å². The summed E-state index contributed by atoms with van der Waals surface area (Å²) in [6, 6.07) is 8.98. The van der Waals surface area contributed by atoms with Crippen molar-refractivity contribution in [1.82, 2.24) is 0 Å². The number of alkyl halides is 2. The van der Waals surface area contributed by atoms with E-state index in [4.69, 9.17) is 27.9 Å². The van der Waals surface area contributed by atoms with Gasteiger partial charge in [-0.25, -0.2) is 0 Å². The Balaban J connectivity index is 2.92. The summed E-state index contributed by atoms with van der Waals surface area (Å²) in [5, 5.41) is 9.33. The molecule has 2 unspecified atom stereocenters. The fourth-order valence-electron chi connectivity index (χ4n) is 2.03. The van der Waals surface area contributed by atoms with Gasteiger partial charge in [-0.05, 0) is 12.0 Å². The molecule has 0 saturated heterocycles. The van der Waals surface area contributed by atoms with Crippen LogP contribution in [0.4, 0.5) is 0 Å². The van der Waals surface area contributed by atoms with Gasteiger partial charge in [0.2, 0.25) is 0 Å². The first-order valence-corrected chi connectivity index (χ1v) is 7.63. The minimum Gasteiger partial charge on any atom is -0.481 e. The highest BCUT2D eigenvalue weighted by atomic mass is 35.5. The van der Waals surface area contributed by atoms with Crippen LogP contribution in [0.25, 0.3) is 0 Å². The highest BCUT2D eigenvalue weighted by molar-refractivity contribution is 6.28. The molecule has 1 aromatic carbocycles. The van der Waals surface area contributed by atoms with Crippen LogP contribution in [0.5, 0.6) is 0 Å². The first-order chi connectivity index (χ1) is 10.5. The second-order valence-corrected chi connectivity index (χ2v) is 5.19. The number of ketones is 1. The lowest BCUT2D eigenvalue weighted by Crippen LogP contribution is -2.36. The number of ether oxygens (including phenoxy) is 1. The molecule has 1 aromatic rings. The molecule has 0 saturated carbocycles. The van der Waals surface area contributed by atoms with Gasteiger partial charge in [-0.2, -0.15) is 0 Å². The predicted molar refractivity (Wildman–Crippen MR) is 82.2 cm³/mol. The number of carbonyl (C=O) groups excluding carboxylic acids is 2. The predicted octanol–water partition coefficient (Wildman–Crippen LogP) is 2.14. The van der Waals surface area contributed by atoms with E-state index in [9.17, 15) is 19.5 Å². The Morgan fingerprint density at radius 1 is 1.05 bits per heavy atom. The van der Waals surface area contributed by atoms with Crippen molar-refractivity contribution < 1.29 is 24.2 Å². The van der Waals surface area contributed by atoms with E-state index in [0.29, 0.717) is 0 Å². The molecule has 0 heterocycles. The largest absolute Gasteiger partial charge is 0.481 e. The normalized spacial score (nSPS) is 13.2. The smallest absolute Gasteiger partial charge is 0.320 e. The van der Waals surface area contributed by atoms with E-state index in [1.165, 1.54) is 0 Å². The zero-order chi connectivity index (χ0) is 16.5. The topological polar surface area (TPSA) is 80.7 Å². The van der Waals surface area contributed by atoms with Gasteiger partial charge in [0.1, 0.15) is 18.4 Å². The summed E-state index contributed by atoms with van der Waals surface area (Å²) in [7, 11) is 0. The molecule has 22 heavy (non-hydrogen) atoms. The summed E-state index contributed by atoms with van der Waals surface area (Å²) < 4.78 is 4.78. The van der Waals surface area contributed by atoms with Crippen molar-refractivity contribution in [1.29, 1.82) is 0 Å². The Bertz CT molecular complexity index is 518. The lowest BCUT2D eigenvalue weighted by Gasteiger charge is -2.22. The van der Waals surface area contributed by atoms with Gasteiger partial charge in [-0.1, -0.05) is 30.3 Å². The summed E-state index contributed by atoms with van der Waals surface area (Å²) in [5.41, 5.74) is 0.806. The van der Waals surface area contributed by atoms with Crippen LogP contribution in [0.3, 0.4) is 0 Å². The van der Waals surface area contributed by atoms with Crippen LogP contribution in [-0.2, 0) is 25.5 Å². The number of hydrogen-bond acceptors (Lipinski definition) is 4. The molecule has 0 amide bonds. The Hall–Kier alpha value is -1.59. The Labute approximate surface area is 138 Å². The minimum absolute atomic E-state index is 0.210. The van der Waals surface area contributed by atoms with Crippen LogP contribution in [-0.4, -0.2) is 41.2 Å². The summed E-state index contributed by atoms with van der Waals surface area (Å²) in [5.74, 6) is -5.07. The zero-order valence-corrected chi connectivity index (χ0v) is 13.2. The van der Waals surface area contributed by atoms with E-state index in [-0.39, 0.29) is 18.2 Å². The quantitative estimate of drug-likeness (QED) is 0.547. The lowest BCUT2D eigenvalue weighted by molar-refractivity contribution is -0.153. The number of carboxylic acids is 1. The molecule has 0 spiro atoms. The average molecular weight is 347 g/mol. The van der Waals surface area contributed by atoms with Crippen LogP contribution in [0.2, 0.25) is 0 Å². The average Bonchev–Trinajstić information content (AvgIpc) is 2.53. The maximum Gasteiger partial charge on any atom is 0.320 e. The number of esters is 1. The molecule has 0 aromatic heterocycles. The van der Waals surface area contributed by atoms with E-state index in [2.05, 4.69) is 0 Å². The standard InChI is InChI=1S/C15H16Cl2O5/c16-7-13(18)11(6-10-4-2-1-3-5-10)12(15(20)21)9-22-14(19)8-17/h1-5,11-12H,6-9H2,(H,20,21). The van der Waals surface area contributed by atoms with E-state index in [0.717, 1.165) is 5.56 Å². The van der Waals surface area contributed by atoms with Crippen molar-refractivity contribution in [3.63, 3.8) is 0 Å². The Morgan fingerprint density at radius 2 is 1.68 bits per heavy atom. The number of rotatable bonds is 9. The minimum atomic E-state index is -1.22. The molecule has 1 rings (SSSR count). The van der Waals surface area contributed by atoms with Crippen molar-refractivity contribution in [2.75, 3.05) is 18.4 Å². The van der Waals surface area contributed by atoms with Gasteiger partial charge >= 0.3 is 11.9 Å². The molecule has 0 aliphatic carbocycles. The highest BCUT2D eigenvalue weighted by Crippen LogP contribution is 2.21. The molecule has 120 valence electrons. The molecule has 1 N–H and O–H groups in total. The molecule has 0 radical (unpaired) electrons. The Kier molecular flexibility index (Phi) is 7.91. The van der Waals surface area contributed by atoms with Crippen molar-refractivity contribution in [2.45, 2.75) is 6.42 Å². The van der Waals surface area contributed by atoms with Gasteiger partial charge in [0, 0.05) is 5.92 Å². The fraction of sp³-hybridized carbons (Fsp3) is 0.400. The fourth-order valence-corrected chi connectivity index (χ4v) is 2.30. The van der Waals surface area contributed by atoms with Gasteiger partial charge in [-0.15, -0.1) is 23.2 Å². The number of benzene rings is 1. The van der Waals surface area contributed by atoms with Crippen molar-refractivity contribution >= 4 is 40.9 Å².